The number of amides is 1. The Morgan fingerprint density at radius 1 is 1.12 bits per heavy atom. The molecule has 0 saturated heterocycles. The van der Waals surface area contributed by atoms with E-state index in [2.05, 4.69) is 26.6 Å². The van der Waals surface area contributed by atoms with E-state index >= 15 is 0 Å². The van der Waals surface area contributed by atoms with Gasteiger partial charge >= 0.3 is 0 Å². The molecular formula is C22H17BrClN3O4S. The van der Waals surface area contributed by atoms with Crippen molar-refractivity contribution in [1.29, 1.82) is 0 Å². The molecule has 3 aromatic carbocycles. The van der Waals surface area contributed by atoms with Crippen molar-refractivity contribution in [3.63, 3.8) is 0 Å². The molecular weight excluding hydrogens is 518 g/mol. The number of thiocarbonyl (C=S) groups is 1. The fourth-order valence-electron chi connectivity index (χ4n) is 2.77. The highest BCUT2D eigenvalue weighted by atomic mass is 79.9. The Kier molecular flexibility index (Phi) is 8.15. The van der Waals surface area contributed by atoms with Crippen molar-refractivity contribution in [3.8, 4) is 5.75 Å². The van der Waals surface area contributed by atoms with E-state index in [0.717, 1.165) is 6.42 Å². The van der Waals surface area contributed by atoms with Gasteiger partial charge in [-0.05, 0) is 64.0 Å². The van der Waals surface area contributed by atoms with Gasteiger partial charge in [0.15, 0.2) is 5.11 Å². The second kappa shape index (κ2) is 11.0. The summed E-state index contributed by atoms with van der Waals surface area (Å²) in [6.07, 6.45) is 0.756. The maximum atomic E-state index is 12.5. The van der Waals surface area contributed by atoms with Crippen molar-refractivity contribution < 1.29 is 14.5 Å². The number of nitrogens with one attached hydrogen (secondary N) is 2. The van der Waals surface area contributed by atoms with Crippen LogP contribution in [0.4, 0.5) is 11.4 Å². The van der Waals surface area contributed by atoms with Crippen molar-refractivity contribution in [3.05, 3.63) is 97.5 Å². The number of nitrogens with zero attached hydrogens (tertiary/aromatic N) is 1. The molecule has 10 heteroatoms. The molecule has 0 fully saturated rings. The van der Waals surface area contributed by atoms with Crippen LogP contribution in [0.5, 0.6) is 5.75 Å². The first-order chi connectivity index (χ1) is 15.3. The summed E-state index contributed by atoms with van der Waals surface area (Å²) >= 11 is 14.3. The molecule has 32 heavy (non-hydrogen) atoms. The van der Waals surface area contributed by atoms with Gasteiger partial charge in [0.1, 0.15) is 11.4 Å². The van der Waals surface area contributed by atoms with Crippen LogP contribution in [-0.4, -0.2) is 22.5 Å². The maximum absolute atomic E-state index is 12.5. The molecule has 3 rings (SSSR count). The lowest BCUT2D eigenvalue weighted by Gasteiger charge is -2.12. The number of anilines is 1. The first-order valence-corrected chi connectivity index (χ1v) is 10.9. The molecule has 0 aliphatic rings. The van der Waals surface area contributed by atoms with Gasteiger partial charge in [-0.25, -0.2) is 0 Å². The Balaban J connectivity index is 1.58. The molecule has 2 N–H and O–H groups in total. The average Bonchev–Trinajstić information content (AvgIpc) is 2.76. The van der Waals surface area contributed by atoms with Crippen molar-refractivity contribution in [2.45, 2.75) is 6.42 Å². The largest absolute Gasteiger partial charge is 0.492 e. The summed E-state index contributed by atoms with van der Waals surface area (Å²) in [5.74, 6) is 0.130. The second-order valence-electron chi connectivity index (χ2n) is 6.56. The lowest BCUT2D eigenvalue weighted by atomic mass is 10.2. The average molecular weight is 535 g/mol. The predicted molar refractivity (Wildman–Crippen MR) is 132 cm³/mol. The van der Waals surface area contributed by atoms with Crippen molar-refractivity contribution in [2.75, 3.05) is 11.9 Å². The van der Waals surface area contributed by atoms with Crippen LogP contribution in [-0.2, 0) is 6.42 Å². The van der Waals surface area contributed by atoms with Gasteiger partial charge in [0.2, 0.25) is 0 Å². The van der Waals surface area contributed by atoms with E-state index in [9.17, 15) is 14.9 Å². The lowest BCUT2D eigenvalue weighted by molar-refractivity contribution is -0.383. The number of hydrogen-bond acceptors (Lipinski definition) is 5. The number of benzene rings is 3. The van der Waals surface area contributed by atoms with E-state index < -0.39 is 10.8 Å². The van der Waals surface area contributed by atoms with E-state index in [1.54, 1.807) is 18.2 Å². The highest BCUT2D eigenvalue weighted by molar-refractivity contribution is 9.10. The second-order valence-corrected chi connectivity index (χ2v) is 8.26. The number of nitro benzene ring substituents is 1. The van der Waals surface area contributed by atoms with Crippen LogP contribution >= 0.6 is 39.7 Å². The predicted octanol–water partition coefficient (Wildman–Crippen LogP) is 5.76. The molecule has 1 amide bonds. The van der Waals surface area contributed by atoms with Crippen LogP contribution in [0, 0.1) is 10.1 Å². The molecule has 0 saturated carbocycles. The smallest absolute Gasteiger partial charge is 0.294 e. The minimum atomic E-state index is -0.591. The minimum Gasteiger partial charge on any atom is -0.492 e. The summed E-state index contributed by atoms with van der Waals surface area (Å²) in [6, 6.07) is 19.0. The number of nitro groups is 1. The Labute approximate surface area is 203 Å². The van der Waals surface area contributed by atoms with E-state index in [1.165, 1.54) is 23.8 Å². The van der Waals surface area contributed by atoms with Crippen molar-refractivity contribution in [1.82, 2.24) is 5.32 Å². The number of carbonyl (C=O) groups is 1. The summed E-state index contributed by atoms with van der Waals surface area (Å²) in [5.41, 5.74) is 1.37. The summed E-state index contributed by atoms with van der Waals surface area (Å²) in [7, 11) is 0. The fourth-order valence-corrected chi connectivity index (χ4v) is 3.64. The Hall–Kier alpha value is -3.01. The fraction of sp³-hybridized carbons (Fsp3) is 0.0909. The lowest BCUT2D eigenvalue weighted by Crippen LogP contribution is -2.34. The molecule has 0 aliphatic heterocycles. The van der Waals surface area contributed by atoms with Crippen LogP contribution in [0.25, 0.3) is 0 Å². The number of rotatable bonds is 7. The van der Waals surface area contributed by atoms with Crippen LogP contribution in [0.3, 0.4) is 0 Å². The molecule has 0 radical (unpaired) electrons. The third kappa shape index (κ3) is 6.49. The quantitative estimate of drug-likeness (QED) is 0.227. The topological polar surface area (TPSA) is 93.5 Å². The molecule has 0 atom stereocenters. The zero-order valence-electron chi connectivity index (χ0n) is 16.5. The first kappa shape index (κ1) is 23.6. The summed E-state index contributed by atoms with van der Waals surface area (Å²) in [5, 5.41) is 16.5. The van der Waals surface area contributed by atoms with Crippen molar-refractivity contribution in [2.24, 2.45) is 0 Å². The highest BCUT2D eigenvalue weighted by Crippen LogP contribution is 2.28. The molecule has 164 valence electrons. The highest BCUT2D eigenvalue weighted by Gasteiger charge is 2.17. The SMILES string of the molecule is O=C(NC(=S)Nc1ccc(Cl)cc1[N+](=O)[O-])c1ccc(OCCc2ccccc2)c(Br)c1. The molecule has 0 unspecified atom stereocenters. The normalized spacial score (nSPS) is 10.3. The number of ether oxygens (including phenoxy) is 1. The molecule has 0 aromatic heterocycles. The molecule has 7 nitrogen and oxygen atoms in total. The monoisotopic (exact) mass is 533 g/mol. The number of halogens is 2. The minimum absolute atomic E-state index is 0.0836. The summed E-state index contributed by atoms with van der Waals surface area (Å²) in [6.45, 7) is 0.488. The Morgan fingerprint density at radius 3 is 2.56 bits per heavy atom. The van der Waals surface area contributed by atoms with Gasteiger partial charge in [-0.1, -0.05) is 41.9 Å². The summed E-state index contributed by atoms with van der Waals surface area (Å²) < 4.78 is 6.41. The number of carbonyl (C=O) groups excluding carboxylic acids is 1. The Morgan fingerprint density at radius 2 is 1.88 bits per heavy atom. The standard InChI is InChI=1S/C22H17BrClN3O4S/c23-17-12-15(6-9-20(17)31-11-10-14-4-2-1-3-5-14)21(28)26-22(32)25-18-8-7-16(24)13-19(18)27(29)30/h1-9,12-13H,10-11H2,(H2,25,26,28,32). The molecule has 0 bridgehead atoms. The van der Waals surface area contributed by atoms with E-state index in [-0.39, 0.29) is 21.5 Å². The Bertz CT molecular complexity index is 1160. The molecule has 3 aromatic rings. The third-order valence-corrected chi connectivity index (χ3v) is 5.38. The van der Waals surface area contributed by atoms with Gasteiger partial charge < -0.3 is 10.1 Å². The third-order valence-electron chi connectivity index (χ3n) is 4.32. The van der Waals surface area contributed by atoms with Gasteiger partial charge in [0, 0.05) is 23.1 Å². The van der Waals surface area contributed by atoms with Gasteiger partial charge in [-0.3, -0.25) is 20.2 Å². The van der Waals surface area contributed by atoms with Gasteiger partial charge in [0.05, 0.1) is 16.0 Å². The van der Waals surface area contributed by atoms with Crippen LogP contribution in [0.1, 0.15) is 15.9 Å². The first-order valence-electron chi connectivity index (χ1n) is 9.36. The van der Waals surface area contributed by atoms with E-state index in [1.807, 2.05) is 30.3 Å². The van der Waals surface area contributed by atoms with Crippen molar-refractivity contribution >= 4 is 62.1 Å². The van der Waals surface area contributed by atoms with Crippen LogP contribution in [0.15, 0.2) is 71.2 Å². The number of hydrogen-bond donors (Lipinski definition) is 2. The zero-order chi connectivity index (χ0) is 23.1. The maximum Gasteiger partial charge on any atom is 0.294 e. The van der Waals surface area contributed by atoms with Gasteiger partial charge in [0.25, 0.3) is 11.6 Å². The van der Waals surface area contributed by atoms with Crippen LogP contribution in [0.2, 0.25) is 5.02 Å². The summed E-state index contributed by atoms with van der Waals surface area (Å²) in [4.78, 5) is 23.1. The van der Waals surface area contributed by atoms with E-state index in [0.29, 0.717) is 22.4 Å². The van der Waals surface area contributed by atoms with Crippen LogP contribution < -0.4 is 15.4 Å². The molecule has 0 spiro atoms. The van der Waals surface area contributed by atoms with E-state index in [4.69, 9.17) is 28.6 Å². The molecule has 0 aliphatic carbocycles. The molecule has 0 heterocycles. The van der Waals surface area contributed by atoms with Gasteiger partial charge in [-0.2, -0.15) is 0 Å². The zero-order valence-corrected chi connectivity index (χ0v) is 19.7. The van der Waals surface area contributed by atoms with Gasteiger partial charge in [-0.15, -0.1) is 0 Å².